The molecule has 0 aliphatic carbocycles. The molecule has 0 aliphatic heterocycles. The van der Waals surface area contributed by atoms with Gasteiger partial charge in [0.25, 0.3) is 0 Å². The van der Waals surface area contributed by atoms with E-state index in [0.717, 1.165) is 6.42 Å². The van der Waals surface area contributed by atoms with Crippen LogP contribution in [0.25, 0.3) is 0 Å². The molecule has 0 heterocycles. The van der Waals surface area contributed by atoms with E-state index in [1.807, 2.05) is 6.92 Å². The van der Waals surface area contributed by atoms with Crippen LogP contribution in [-0.4, -0.2) is 20.1 Å². The molecule has 0 saturated carbocycles. The molecule has 0 atom stereocenters. The smallest absolute Gasteiger partial charge is 0.238 e. The van der Waals surface area contributed by atoms with Crippen molar-refractivity contribution in [2.24, 2.45) is 5.14 Å². The van der Waals surface area contributed by atoms with Gasteiger partial charge in [-0.2, -0.15) is 0 Å². The van der Waals surface area contributed by atoms with Crippen LogP contribution in [0.15, 0.2) is 35.2 Å². The fourth-order valence-corrected chi connectivity index (χ4v) is 1.15. The summed E-state index contributed by atoms with van der Waals surface area (Å²) in [5.74, 6) is 0. The average molecular weight is 217 g/mol. The maximum Gasteiger partial charge on any atom is 0.238 e. The molecular formula is C9H15NO3S. The number of hydrogen-bond acceptors (Lipinski definition) is 3. The second kappa shape index (κ2) is 6.53. The van der Waals surface area contributed by atoms with E-state index >= 15 is 0 Å². The molecule has 0 amide bonds. The van der Waals surface area contributed by atoms with E-state index in [-0.39, 0.29) is 4.90 Å². The Morgan fingerprint density at radius 1 is 1.29 bits per heavy atom. The summed E-state index contributed by atoms with van der Waals surface area (Å²) in [6, 6.07) is 7.89. The fourth-order valence-electron chi connectivity index (χ4n) is 0.610. The second-order valence-electron chi connectivity index (χ2n) is 2.58. The zero-order valence-corrected chi connectivity index (χ0v) is 8.87. The van der Waals surface area contributed by atoms with Crippen molar-refractivity contribution in [2.45, 2.75) is 18.2 Å². The minimum absolute atomic E-state index is 0.148. The Morgan fingerprint density at radius 3 is 1.93 bits per heavy atom. The third-order valence-corrected chi connectivity index (χ3v) is 2.22. The second-order valence-corrected chi connectivity index (χ2v) is 4.14. The van der Waals surface area contributed by atoms with Crippen LogP contribution in [0.1, 0.15) is 13.3 Å². The molecule has 1 aromatic rings. The van der Waals surface area contributed by atoms with Crippen LogP contribution in [0.5, 0.6) is 0 Å². The summed E-state index contributed by atoms with van der Waals surface area (Å²) in [4.78, 5) is 0.148. The van der Waals surface area contributed by atoms with Gasteiger partial charge >= 0.3 is 0 Å². The van der Waals surface area contributed by atoms with Gasteiger partial charge in [0.05, 0.1) is 4.90 Å². The first-order valence-corrected chi connectivity index (χ1v) is 5.75. The summed E-state index contributed by atoms with van der Waals surface area (Å²) in [6.45, 7) is 2.25. The minimum atomic E-state index is -3.50. The maximum atomic E-state index is 10.6. The third-order valence-electron chi connectivity index (χ3n) is 1.30. The number of hydrogen-bond donors (Lipinski definition) is 2. The zero-order chi connectivity index (χ0) is 11.0. The van der Waals surface area contributed by atoms with E-state index in [9.17, 15) is 8.42 Å². The molecule has 0 saturated heterocycles. The van der Waals surface area contributed by atoms with Crippen molar-refractivity contribution >= 4 is 10.0 Å². The first-order valence-electron chi connectivity index (χ1n) is 4.21. The number of nitrogens with two attached hydrogens (primary N) is 1. The summed E-state index contributed by atoms with van der Waals surface area (Å²) in [5.41, 5.74) is 0. The largest absolute Gasteiger partial charge is 0.396 e. The highest BCUT2D eigenvalue weighted by Crippen LogP contribution is 2.02. The lowest BCUT2D eigenvalue weighted by atomic mass is 10.4. The van der Waals surface area contributed by atoms with Crippen molar-refractivity contribution in [3.63, 3.8) is 0 Å². The number of sulfonamides is 1. The van der Waals surface area contributed by atoms with Crippen molar-refractivity contribution < 1.29 is 13.5 Å². The average Bonchev–Trinajstić information content (AvgIpc) is 2.18. The third kappa shape index (κ3) is 5.69. The summed E-state index contributed by atoms with van der Waals surface area (Å²) in [7, 11) is -3.50. The monoisotopic (exact) mass is 217 g/mol. The summed E-state index contributed by atoms with van der Waals surface area (Å²) >= 11 is 0. The van der Waals surface area contributed by atoms with E-state index in [1.54, 1.807) is 18.2 Å². The molecule has 0 aromatic heterocycles. The van der Waals surface area contributed by atoms with E-state index in [4.69, 9.17) is 10.2 Å². The van der Waals surface area contributed by atoms with Gasteiger partial charge in [-0.25, -0.2) is 13.6 Å². The molecule has 4 nitrogen and oxygen atoms in total. The summed E-state index contributed by atoms with van der Waals surface area (Å²) in [5, 5.41) is 12.7. The molecule has 0 spiro atoms. The van der Waals surface area contributed by atoms with Gasteiger partial charge in [-0.05, 0) is 18.6 Å². The molecule has 0 radical (unpaired) electrons. The van der Waals surface area contributed by atoms with Crippen LogP contribution in [0.2, 0.25) is 0 Å². The van der Waals surface area contributed by atoms with E-state index < -0.39 is 10.0 Å². The molecule has 1 aromatic carbocycles. The summed E-state index contributed by atoms with van der Waals surface area (Å²) < 4.78 is 21.2. The number of rotatable bonds is 2. The standard InChI is InChI=1S/C6H7NO2S.C3H8O/c7-10(8,9)6-4-2-1-3-5-6;1-2-3-4/h1-5H,(H2,7,8,9);4H,2-3H2,1H3. The van der Waals surface area contributed by atoms with E-state index in [0.29, 0.717) is 6.61 Å². The van der Waals surface area contributed by atoms with Gasteiger partial charge in [-0.15, -0.1) is 0 Å². The van der Waals surface area contributed by atoms with Gasteiger partial charge < -0.3 is 5.11 Å². The van der Waals surface area contributed by atoms with Gasteiger partial charge in [0.15, 0.2) is 0 Å². The molecule has 5 heteroatoms. The van der Waals surface area contributed by atoms with Crippen molar-refractivity contribution in [3.05, 3.63) is 30.3 Å². The van der Waals surface area contributed by atoms with Crippen LogP contribution in [0.4, 0.5) is 0 Å². The normalized spacial score (nSPS) is 10.2. The van der Waals surface area contributed by atoms with Crippen LogP contribution in [0, 0.1) is 0 Å². The van der Waals surface area contributed by atoms with Gasteiger partial charge in [-0.1, -0.05) is 25.1 Å². The van der Waals surface area contributed by atoms with Gasteiger partial charge in [0, 0.05) is 6.61 Å². The van der Waals surface area contributed by atoms with Crippen molar-refractivity contribution in [1.82, 2.24) is 0 Å². The van der Waals surface area contributed by atoms with Crippen LogP contribution in [0.3, 0.4) is 0 Å². The fraction of sp³-hybridized carbons (Fsp3) is 0.333. The molecule has 80 valence electrons. The highest BCUT2D eigenvalue weighted by molar-refractivity contribution is 7.89. The zero-order valence-electron chi connectivity index (χ0n) is 8.05. The summed E-state index contributed by atoms with van der Waals surface area (Å²) in [6.07, 6.45) is 0.875. The van der Waals surface area contributed by atoms with Gasteiger partial charge in [0.1, 0.15) is 0 Å². The van der Waals surface area contributed by atoms with Crippen LogP contribution in [-0.2, 0) is 10.0 Å². The molecule has 3 N–H and O–H groups in total. The number of benzene rings is 1. The minimum Gasteiger partial charge on any atom is -0.396 e. The van der Waals surface area contributed by atoms with Crippen molar-refractivity contribution in [2.75, 3.05) is 6.61 Å². The Hall–Kier alpha value is -0.910. The Morgan fingerprint density at radius 2 is 1.71 bits per heavy atom. The SMILES string of the molecule is CCCO.NS(=O)(=O)c1ccccc1. The van der Waals surface area contributed by atoms with E-state index in [1.165, 1.54) is 12.1 Å². The predicted molar refractivity (Wildman–Crippen MR) is 55.2 cm³/mol. The predicted octanol–water partition coefficient (Wildman–Crippen LogP) is 0.723. The lowest BCUT2D eigenvalue weighted by Crippen LogP contribution is -2.11. The van der Waals surface area contributed by atoms with E-state index in [2.05, 4.69) is 0 Å². The molecule has 0 fully saturated rings. The first-order chi connectivity index (χ1) is 6.52. The lowest BCUT2D eigenvalue weighted by Gasteiger charge is -1.93. The highest BCUT2D eigenvalue weighted by Gasteiger charge is 2.03. The molecular weight excluding hydrogens is 202 g/mol. The Balaban J connectivity index is 0.000000364. The topological polar surface area (TPSA) is 80.4 Å². The molecule has 0 unspecified atom stereocenters. The highest BCUT2D eigenvalue weighted by atomic mass is 32.2. The van der Waals surface area contributed by atoms with Crippen molar-refractivity contribution in [1.29, 1.82) is 0 Å². The Bertz CT molecular complexity index is 332. The van der Waals surface area contributed by atoms with Crippen LogP contribution < -0.4 is 5.14 Å². The maximum absolute atomic E-state index is 10.6. The number of aliphatic hydroxyl groups is 1. The molecule has 14 heavy (non-hydrogen) atoms. The Kier molecular flexibility index (Phi) is 6.11. The molecule has 1 rings (SSSR count). The quantitative estimate of drug-likeness (QED) is 0.766. The Labute approximate surface area is 84.4 Å². The number of primary sulfonamides is 1. The van der Waals surface area contributed by atoms with Gasteiger partial charge in [0.2, 0.25) is 10.0 Å². The number of aliphatic hydroxyl groups excluding tert-OH is 1. The first kappa shape index (κ1) is 13.1. The van der Waals surface area contributed by atoms with Crippen molar-refractivity contribution in [3.8, 4) is 0 Å². The van der Waals surface area contributed by atoms with Crippen LogP contribution >= 0.6 is 0 Å². The lowest BCUT2D eigenvalue weighted by molar-refractivity contribution is 0.295. The molecule has 0 aliphatic rings. The molecule has 0 bridgehead atoms. The van der Waals surface area contributed by atoms with Gasteiger partial charge in [-0.3, -0.25) is 0 Å².